The summed E-state index contributed by atoms with van der Waals surface area (Å²) < 4.78 is 0. The number of aromatic amines is 1. The van der Waals surface area contributed by atoms with E-state index in [9.17, 15) is 14.9 Å². The number of nitrogens with one attached hydrogen (secondary N) is 1. The molecule has 0 aliphatic heterocycles. The van der Waals surface area contributed by atoms with E-state index in [2.05, 4.69) is 9.97 Å². The lowest BCUT2D eigenvalue weighted by Gasteiger charge is -2.07. The van der Waals surface area contributed by atoms with Crippen LogP contribution in [0.1, 0.15) is 16.9 Å². The molecule has 1 aromatic carbocycles. The molecule has 4 rings (SSSR count). The van der Waals surface area contributed by atoms with Gasteiger partial charge in [-0.25, -0.2) is 9.78 Å². The van der Waals surface area contributed by atoms with E-state index in [0.717, 1.165) is 41.0 Å². The Balaban J connectivity index is 1.95. The number of fused-ring (bicyclic) bond motifs is 1. The van der Waals surface area contributed by atoms with Crippen LogP contribution in [0.4, 0.5) is 5.69 Å². The summed E-state index contributed by atoms with van der Waals surface area (Å²) in [5.41, 5.74) is 3.41. The summed E-state index contributed by atoms with van der Waals surface area (Å²) in [7, 11) is 0. The maximum atomic E-state index is 11.6. The van der Waals surface area contributed by atoms with Gasteiger partial charge >= 0.3 is 5.69 Å². The molecule has 6 nitrogen and oxygen atoms in total. The number of nitro groups is 1. The first-order chi connectivity index (χ1) is 11.6. The molecule has 0 atom stereocenters. The zero-order valence-corrected chi connectivity index (χ0v) is 13.4. The predicted molar refractivity (Wildman–Crippen MR) is 92.3 cm³/mol. The van der Waals surface area contributed by atoms with Crippen LogP contribution in [0.25, 0.3) is 21.7 Å². The van der Waals surface area contributed by atoms with Crippen molar-refractivity contribution in [1.82, 2.24) is 9.97 Å². The number of nitro benzene ring substituents is 1. The van der Waals surface area contributed by atoms with Gasteiger partial charge in [0.25, 0.3) is 5.69 Å². The van der Waals surface area contributed by atoms with Crippen molar-refractivity contribution >= 4 is 17.0 Å². The summed E-state index contributed by atoms with van der Waals surface area (Å²) in [6.45, 7) is 0. The third-order valence-electron chi connectivity index (χ3n) is 4.18. The van der Waals surface area contributed by atoms with Crippen molar-refractivity contribution in [1.29, 1.82) is 0 Å². The van der Waals surface area contributed by atoms with Gasteiger partial charge in [-0.1, -0.05) is 12.1 Å². The number of non-ortho nitro benzene ring substituents is 1. The van der Waals surface area contributed by atoms with E-state index in [1.165, 1.54) is 22.7 Å². The van der Waals surface area contributed by atoms with Crippen molar-refractivity contribution in [2.24, 2.45) is 0 Å². The highest BCUT2D eigenvalue weighted by atomic mass is 32.1. The van der Waals surface area contributed by atoms with E-state index in [1.54, 1.807) is 29.5 Å². The number of aryl methyl sites for hydroxylation is 1. The zero-order chi connectivity index (χ0) is 16.7. The van der Waals surface area contributed by atoms with Gasteiger partial charge in [0.1, 0.15) is 0 Å². The molecule has 120 valence electrons. The summed E-state index contributed by atoms with van der Waals surface area (Å²) in [4.78, 5) is 31.0. The fraction of sp³-hybridized carbons (Fsp3) is 0.176. The quantitative estimate of drug-likeness (QED) is 0.583. The Bertz CT molecular complexity index is 1010. The monoisotopic (exact) mass is 339 g/mol. The number of hydrogen-bond acceptors (Lipinski definition) is 5. The van der Waals surface area contributed by atoms with Crippen LogP contribution < -0.4 is 5.69 Å². The molecule has 0 amide bonds. The number of benzene rings is 1. The molecule has 0 unspecified atom stereocenters. The highest BCUT2D eigenvalue weighted by molar-refractivity contribution is 7.16. The second-order valence-corrected chi connectivity index (χ2v) is 6.76. The minimum absolute atomic E-state index is 0.0650. The van der Waals surface area contributed by atoms with Gasteiger partial charge in [-0.2, -0.15) is 0 Å². The first kappa shape index (κ1) is 14.8. The molecule has 7 heteroatoms. The van der Waals surface area contributed by atoms with Crippen molar-refractivity contribution in [3.05, 3.63) is 67.6 Å². The van der Waals surface area contributed by atoms with Crippen molar-refractivity contribution in [2.75, 3.05) is 0 Å². The first-order valence-electron chi connectivity index (χ1n) is 7.58. The smallest absolute Gasteiger partial charge is 0.305 e. The van der Waals surface area contributed by atoms with Crippen LogP contribution in [-0.2, 0) is 12.8 Å². The molecule has 0 spiro atoms. The molecule has 2 heterocycles. The second-order valence-electron chi connectivity index (χ2n) is 5.66. The average Bonchev–Trinajstić information content (AvgIpc) is 3.15. The third kappa shape index (κ3) is 2.43. The Morgan fingerprint density at radius 1 is 1.25 bits per heavy atom. The average molecular weight is 339 g/mol. The van der Waals surface area contributed by atoms with Gasteiger partial charge in [0.2, 0.25) is 0 Å². The van der Waals surface area contributed by atoms with Crippen molar-refractivity contribution in [3.63, 3.8) is 0 Å². The predicted octanol–water partition coefficient (Wildman–Crippen LogP) is 3.56. The number of aromatic nitrogens is 2. The number of hydrogen-bond donors (Lipinski definition) is 1. The van der Waals surface area contributed by atoms with Crippen LogP contribution in [0.3, 0.4) is 0 Å². The Labute approximate surface area is 141 Å². The van der Waals surface area contributed by atoms with E-state index in [-0.39, 0.29) is 5.69 Å². The third-order valence-corrected chi connectivity index (χ3v) is 5.53. The van der Waals surface area contributed by atoms with Gasteiger partial charge in [0.05, 0.1) is 10.6 Å². The summed E-state index contributed by atoms with van der Waals surface area (Å²) in [5.74, 6) is 0. The molecule has 1 aliphatic rings. The maximum absolute atomic E-state index is 11.6. The standard InChI is InChI=1S/C17H13N3O3S/c21-17-18-8-7-13(19-17)15-12-5-2-6-14(12)24-16(15)10-3-1-4-11(9-10)20(22)23/h1,3-4,7-9H,2,5-6H2,(H,18,19,21). The molecule has 1 aliphatic carbocycles. The fourth-order valence-corrected chi connectivity index (χ4v) is 4.57. The molecule has 0 radical (unpaired) electrons. The maximum Gasteiger partial charge on any atom is 0.345 e. The van der Waals surface area contributed by atoms with E-state index in [4.69, 9.17) is 0 Å². The minimum atomic E-state index is -0.393. The van der Waals surface area contributed by atoms with Crippen LogP contribution in [0.15, 0.2) is 41.3 Å². The molecule has 0 saturated carbocycles. The molecule has 3 aromatic rings. The lowest BCUT2D eigenvalue weighted by atomic mass is 10.0. The largest absolute Gasteiger partial charge is 0.345 e. The lowest BCUT2D eigenvalue weighted by Crippen LogP contribution is -2.09. The van der Waals surface area contributed by atoms with Crippen LogP contribution >= 0.6 is 11.3 Å². The Hall–Kier alpha value is -2.80. The highest BCUT2D eigenvalue weighted by Gasteiger charge is 2.25. The first-order valence-corrected chi connectivity index (χ1v) is 8.40. The van der Waals surface area contributed by atoms with Crippen molar-refractivity contribution < 1.29 is 4.92 Å². The van der Waals surface area contributed by atoms with Crippen LogP contribution in [-0.4, -0.2) is 14.9 Å². The van der Waals surface area contributed by atoms with Gasteiger partial charge in [-0.3, -0.25) is 10.1 Å². The van der Waals surface area contributed by atoms with Gasteiger partial charge in [0.15, 0.2) is 0 Å². The summed E-state index contributed by atoms with van der Waals surface area (Å²) >= 11 is 1.66. The molecule has 0 saturated heterocycles. The van der Waals surface area contributed by atoms with Crippen LogP contribution in [0, 0.1) is 10.1 Å². The number of rotatable bonds is 3. The molecule has 0 fully saturated rings. The Morgan fingerprint density at radius 2 is 2.12 bits per heavy atom. The molecule has 2 aromatic heterocycles. The van der Waals surface area contributed by atoms with Gasteiger partial charge in [0, 0.05) is 33.6 Å². The van der Waals surface area contributed by atoms with E-state index >= 15 is 0 Å². The lowest BCUT2D eigenvalue weighted by molar-refractivity contribution is -0.384. The van der Waals surface area contributed by atoms with E-state index < -0.39 is 10.6 Å². The Morgan fingerprint density at radius 3 is 2.92 bits per heavy atom. The van der Waals surface area contributed by atoms with Crippen LogP contribution in [0.5, 0.6) is 0 Å². The molecule has 24 heavy (non-hydrogen) atoms. The SMILES string of the molecule is O=c1nccc(-c2c(-c3cccc([N+](=O)[O-])c3)sc3c2CCC3)[nH]1. The van der Waals surface area contributed by atoms with Crippen molar-refractivity contribution in [2.45, 2.75) is 19.3 Å². The minimum Gasteiger partial charge on any atom is -0.305 e. The summed E-state index contributed by atoms with van der Waals surface area (Å²) in [6, 6.07) is 8.42. The topological polar surface area (TPSA) is 88.9 Å². The van der Waals surface area contributed by atoms with Crippen molar-refractivity contribution in [3.8, 4) is 21.7 Å². The number of nitrogens with zero attached hydrogens (tertiary/aromatic N) is 2. The van der Waals surface area contributed by atoms with E-state index in [1.807, 2.05) is 6.07 Å². The molecular weight excluding hydrogens is 326 g/mol. The summed E-state index contributed by atoms with van der Waals surface area (Å²) in [6.07, 6.45) is 4.56. The van der Waals surface area contributed by atoms with Gasteiger partial charge in [-0.15, -0.1) is 11.3 Å². The number of thiophene rings is 1. The molecule has 1 N–H and O–H groups in total. The van der Waals surface area contributed by atoms with E-state index in [0.29, 0.717) is 0 Å². The van der Waals surface area contributed by atoms with Crippen LogP contribution in [0.2, 0.25) is 0 Å². The normalized spacial score (nSPS) is 13.0. The number of H-pyrrole nitrogens is 1. The molecule has 0 bridgehead atoms. The zero-order valence-electron chi connectivity index (χ0n) is 12.6. The summed E-state index contributed by atoms with van der Waals surface area (Å²) in [5, 5.41) is 11.1. The second kappa shape index (κ2) is 5.68. The van der Waals surface area contributed by atoms with Gasteiger partial charge in [-0.05, 0) is 36.5 Å². The fourth-order valence-electron chi connectivity index (χ4n) is 3.17. The highest BCUT2D eigenvalue weighted by Crippen LogP contribution is 2.46. The molecular formula is C17H13N3O3S. The van der Waals surface area contributed by atoms with Gasteiger partial charge < -0.3 is 4.98 Å². The Kier molecular flexibility index (Phi) is 3.50.